The zero-order valence-corrected chi connectivity index (χ0v) is 21.9. The number of sulfonamides is 1. The van der Waals surface area contributed by atoms with Crippen molar-refractivity contribution in [3.8, 4) is 0 Å². The van der Waals surface area contributed by atoms with Crippen LogP contribution in [-0.2, 0) is 16.2 Å². The molecule has 0 unspecified atom stereocenters. The number of anilines is 1. The Morgan fingerprint density at radius 2 is 1.58 bits per heavy atom. The molecular weight excluding hydrogens is 581 g/mol. The molecule has 1 aliphatic heterocycles. The molecule has 190 valence electrons. The molecule has 1 aliphatic rings. The van der Waals surface area contributed by atoms with Crippen molar-refractivity contribution >= 4 is 67.8 Å². The van der Waals surface area contributed by atoms with E-state index in [-0.39, 0.29) is 17.6 Å². The van der Waals surface area contributed by atoms with Crippen molar-refractivity contribution in [2.24, 2.45) is 5.10 Å². The number of rotatable bonds is 6. The number of nitrogens with zero attached hydrogens (tertiary/aromatic N) is 2. The molecule has 36 heavy (non-hydrogen) atoms. The molecular formula is C23H16Cl4F3N3O2S. The molecule has 1 N–H and O–H groups in total. The molecule has 0 spiro atoms. The molecule has 0 amide bonds. The third-order valence-electron chi connectivity index (χ3n) is 5.40. The van der Waals surface area contributed by atoms with Crippen LogP contribution in [-0.4, -0.2) is 20.7 Å². The Bertz CT molecular complexity index is 1430. The van der Waals surface area contributed by atoms with Gasteiger partial charge in [-0.1, -0.05) is 58.5 Å². The van der Waals surface area contributed by atoms with Crippen LogP contribution >= 0.6 is 46.4 Å². The van der Waals surface area contributed by atoms with Gasteiger partial charge in [0.05, 0.1) is 39.6 Å². The molecule has 0 radical (unpaired) electrons. The smallest absolute Gasteiger partial charge is 0.256 e. The number of hydrazone groups is 1. The third kappa shape index (κ3) is 5.93. The van der Waals surface area contributed by atoms with Gasteiger partial charge in [0, 0.05) is 16.5 Å². The van der Waals surface area contributed by atoms with Gasteiger partial charge in [-0.25, -0.2) is 13.1 Å². The first-order valence-corrected chi connectivity index (χ1v) is 13.3. The standard InChI is InChI=1S/C23H16Cl4F3N3O2S/c24-15-4-1-13(2-5-15)21-11-17(32-33(21)20-8-6-16(25)10-19(20)27)12-31-36(34,35)22-9-14(23(28,29)30)3-7-18(22)26/h1-10,21,31H,11-12H2/t21-/m1/s1. The summed E-state index contributed by atoms with van der Waals surface area (Å²) in [5.74, 6) is 0. The van der Waals surface area contributed by atoms with Crippen LogP contribution in [0.1, 0.15) is 23.6 Å². The Hall–Kier alpha value is -2.01. The SMILES string of the molecule is O=S(=O)(NCC1=NN(c2ccc(Cl)cc2Cl)[C@@H](c2ccc(Cl)cc2)C1)c1cc(C(F)(F)F)ccc1Cl. The molecule has 0 aliphatic carbocycles. The van der Waals surface area contributed by atoms with E-state index in [9.17, 15) is 21.6 Å². The summed E-state index contributed by atoms with van der Waals surface area (Å²) in [7, 11) is -4.39. The lowest BCUT2D eigenvalue weighted by atomic mass is 10.0. The second kappa shape index (κ2) is 10.4. The van der Waals surface area contributed by atoms with E-state index in [4.69, 9.17) is 46.4 Å². The summed E-state index contributed by atoms with van der Waals surface area (Å²) in [6, 6.07) is 13.7. The summed E-state index contributed by atoms with van der Waals surface area (Å²) >= 11 is 24.4. The van der Waals surface area contributed by atoms with Crippen molar-refractivity contribution in [2.45, 2.75) is 23.5 Å². The molecule has 3 aromatic rings. The maximum atomic E-state index is 13.1. The zero-order valence-electron chi connectivity index (χ0n) is 18.0. The van der Waals surface area contributed by atoms with Gasteiger partial charge in [-0.05, 0) is 54.1 Å². The van der Waals surface area contributed by atoms with Crippen molar-refractivity contribution in [2.75, 3.05) is 11.6 Å². The average molecular weight is 597 g/mol. The summed E-state index contributed by atoms with van der Waals surface area (Å²) in [6.45, 7) is -0.263. The molecule has 0 bridgehead atoms. The Morgan fingerprint density at radius 3 is 2.22 bits per heavy atom. The lowest BCUT2D eigenvalue weighted by Crippen LogP contribution is -2.29. The Labute approximate surface area is 225 Å². The number of hydrogen-bond acceptors (Lipinski definition) is 4. The molecule has 4 rings (SSSR count). The number of halogens is 7. The van der Waals surface area contributed by atoms with Crippen LogP contribution in [0.15, 0.2) is 70.7 Å². The van der Waals surface area contributed by atoms with Crippen LogP contribution in [0.4, 0.5) is 18.9 Å². The minimum Gasteiger partial charge on any atom is -0.256 e. The largest absolute Gasteiger partial charge is 0.416 e. The topological polar surface area (TPSA) is 61.8 Å². The Balaban J connectivity index is 1.62. The van der Waals surface area contributed by atoms with Gasteiger partial charge in [-0.3, -0.25) is 5.01 Å². The molecule has 0 fully saturated rings. The summed E-state index contributed by atoms with van der Waals surface area (Å²) in [5.41, 5.74) is 0.678. The highest BCUT2D eigenvalue weighted by molar-refractivity contribution is 7.89. The zero-order chi connectivity index (χ0) is 26.3. The number of nitrogens with one attached hydrogen (secondary N) is 1. The van der Waals surface area contributed by atoms with Gasteiger partial charge in [0.25, 0.3) is 0 Å². The van der Waals surface area contributed by atoms with E-state index in [1.807, 2.05) is 12.1 Å². The van der Waals surface area contributed by atoms with Crippen LogP contribution < -0.4 is 9.73 Å². The van der Waals surface area contributed by atoms with Crippen molar-refractivity contribution < 1.29 is 21.6 Å². The van der Waals surface area contributed by atoms with Crippen molar-refractivity contribution in [3.05, 3.63) is 91.9 Å². The molecule has 1 atom stereocenters. The fraction of sp³-hybridized carbons (Fsp3) is 0.174. The number of hydrogen-bond donors (Lipinski definition) is 1. The first-order valence-electron chi connectivity index (χ1n) is 10.3. The minimum absolute atomic E-state index is 0.263. The minimum atomic E-state index is -4.73. The monoisotopic (exact) mass is 595 g/mol. The van der Waals surface area contributed by atoms with E-state index >= 15 is 0 Å². The highest BCUT2D eigenvalue weighted by Crippen LogP contribution is 2.40. The average Bonchev–Trinajstić information content (AvgIpc) is 3.21. The van der Waals surface area contributed by atoms with Gasteiger partial charge in [-0.15, -0.1) is 0 Å². The van der Waals surface area contributed by atoms with E-state index in [2.05, 4.69) is 9.82 Å². The highest BCUT2D eigenvalue weighted by Gasteiger charge is 2.34. The third-order valence-corrected chi connectivity index (χ3v) is 8.07. The second-order valence-electron chi connectivity index (χ2n) is 7.85. The van der Waals surface area contributed by atoms with E-state index in [1.165, 1.54) is 0 Å². The molecule has 5 nitrogen and oxygen atoms in total. The first-order chi connectivity index (χ1) is 16.8. The van der Waals surface area contributed by atoms with Crippen LogP contribution in [0.3, 0.4) is 0 Å². The van der Waals surface area contributed by atoms with Gasteiger partial charge in [-0.2, -0.15) is 18.3 Å². The van der Waals surface area contributed by atoms with E-state index in [1.54, 1.807) is 35.3 Å². The Morgan fingerprint density at radius 1 is 0.917 bits per heavy atom. The van der Waals surface area contributed by atoms with Crippen molar-refractivity contribution in [3.63, 3.8) is 0 Å². The second-order valence-corrected chi connectivity index (χ2v) is 11.3. The summed E-state index contributed by atoms with van der Waals surface area (Å²) in [5, 5.41) is 7.17. The summed E-state index contributed by atoms with van der Waals surface area (Å²) in [6.07, 6.45) is -4.42. The molecule has 1 heterocycles. The quantitative estimate of drug-likeness (QED) is 0.319. The van der Waals surface area contributed by atoms with Crippen LogP contribution in [0.5, 0.6) is 0 Å². The Kier molecular flexibility index (Phi) is 7.81. The van der Waals surface area contributed by atoms with E-state index in [0.717, 1.165) is 11.6 Å². The first kappa shape index (κ1) is 27.0. The predicted molar refractivity (Wildman–Crippen MR) is 137 cm³/mol. The van der Waals surface area contributed by atoms with Crippen molar-refractivity contribution in [1.82, 2.24) is 4.72 Å². The van der Waals surface area contributed by atoms with E-state index in [0.29, 0.717) is 45.0 Å². The molecule has 0 saturated carbocycles. The van der Waals surface area contributed by atoms with Gasteiger partial charge >= 0.3 is 6.18 Å². The van der Waals surface area contributed by atoms with Crippen molar-refractivity contribution in [1.29, 1.82) is 0 Å². The van der Waals surface area contributed by atoms with Gasteiger partial charge in [0.1, 0.15) is 4.90 Å². The van der Waals surface area contributed by atoms with Crippen LogP contribution in [0.2, 0.25) is 20.1 Å². The van der Waals surface area contributed by atoms with Crippen LogP contribution in [0.25, 0.3) is 0 Å². The van der Waals surface area contributed by atoms with E-state index < -0.39 is 26.7 Å². The lowest BCUT2D eigenvalue weighted by Gasteiger charge is -2.25. The van der Waals surface area contributed by atoms with Gasteiger partial charge in [0.15, 0.2) is 0 Å². The van der Waals surface area contributed by atoms with Gasteiger partial charge < -0.3 is 0 Å². The molecule has 3 aromatic carbocycles. The highest BCUT2D eigenvalue weighted by atomic mass is 35.5. The predicted octanol–water partition coefficient (Wildman–Crippen LogP) is 7.60. The molecule has 13 heteroatoms. The fourth-order valence-electron chi connectivity index (χ4n) is 3.65. The number of alkyl halides is 3. The molecule has 0 saturated heterocycles. The molecule has 0 aromatic heterocycles. The maximum Gasteiger partial charge on any atom is 0.416 e. The summed E-state index contributed by atoms with van der Waals surface area (Å²) < 4.78 is 67.3. The number of benzene rings is 3. The normalized spacial score (nSPS) is 16.4. The fourth-order valence-corrected chi connectivity index (χ4v) is 5.82. The van der Waals surface area contributed by atoms with Crippen LogP contribution in [0, 0.1) is 0 Å². The lowest BCUT2D eigenvalue weighted by molar-refractivity contribution is -0.137. The summed E-state index contributed by atoms with van der Waals surface area (Å²) in [4.78, 5) is -0.676. The van der Waals surface area contributed by atoms with Gasteiger partial charge in [0.2, 0.25) is 10.0 Å². The maximum absolute atomic E-state index is 13.1.